The molecule has 1 rings (SSSR count). The topological polar surface area (TPSA) is 53.2 Å². The van der Waals surface area contributed by atoms with Crippen LogP contribution in [0.25, 0.3) is 0 Å². The Labute approximate surface area is 167 Å². The Morgan fingerprint density at radius 2 is 1.88 bits per heavy atom. The Morgan fingerprint density at radius 3 is 2.46 bits per heavy atom. The molecule has 4 nitrogen and oxygen atoms in total. The number of hydrogen-bond acceptors (Lipinski definition) is 2. The molecule has 0 saturated heterocycles. The number of alkyl halides is 3. The summed E-state index contributed by atoms with van der Waals surface area (Å²) in [6.07, 6.45) is 2.14. The van der Waals surface area contributed by atoms with Gasteiger partial charge in [0.1, 0.15) is 6.17 Å². The molecule has 0 unspecified atom stereocenters. The van der Waals surface area contributed by atoms with Gasteiger partial charge < -0.3 is 16.0 Å². The molecular formula is C15H19Cl4N3OS. The molecule has 1 amide bonds. The molecule has 1 atom stereocenters. The van der Waals surface area contributed by atoms with E-state index in [4.69, 9.17) is 58.6 Å². The van der Waals surface area contributed by atoms with E-state index in [2.05, 4.69) is 22.9 Å². The molecule has 134 valence electrons. The number of rotatable bonds is 7. The van der Waals surface area contributed by atoms with Gasteiger partial charge in [0.2, 0.25) is 9.70 Å². The van der Waals surface area contributed by atoms with Crippen LogP contribution in [0.4, 0.5) is 5.69 Å². The molecule has 0 saturated carbocycles. The molecule has 0 aromatic heterocycles. The van der Waals surface area contributed by atoms with Crippen molar-refractivity contribution in [1.82, 2.24) is 10.6 Å². The predicted octanol–water partition coefficient (Wildman–Crippen LogP) is 5.02. The molecule has 24 heavy (non-hydrogen) atoms. The standard InChI is InChI=1S/C15H19Cl4N3OS/c1-2-3-4-9-12(23)21-13(15(17,18)19)22-14(24)20-11-8-6-5-7-10(11)16/h5-8,13H,2-4,9H2,1H3,(H,21,23)(H2,20,22,24)/t13-/m0/s1. The van der Waals surface area contributed by atoms with Crippen LogP contribution < -0.4 is 16.0 Å². The van der Waals surface area contributed by atoms with Crippen molar-refractivity contribution in [2.45, 2.75) is 42.6 Å². The number of thiocarbonyl (C=S) groups is 1. The third kappa shape index (κ3) is 8.08. The SMILES string of the molecule is CCCCCC(=O)N[C@@H](NC(=S)Nc1ccccc1Cl)C(Cl)(Cl)Cl. The zero-order chi connectivity index (χ0) is 18.2. The van der Waals surface area contributed by atoms with Crippen molar-refractivity contribution in [1.29, 1.82) is 0 Å². The molecule has 0 fully saturated rings. The summed E-state index contributed by atoms with van der Waals surface area (Å²) >= 11 is 29.0. The summed E-state index contributed by atoms with van der Waals surface area (Å²) in [6, 6.07) is 7.07. The lowest BCUT2D eigenvalue weighted by Gasteiger charge is -2.28. The Kier molecular flexibility index (Phi) is 9.45. The van der Waals surface area contributed by atoms with Crippen LogP contribution in [0.15, 0.2) is 24.3 Å². The maximum atomic E-state index is 12.0. The summed E-state index contributed by atoms with van der Waals surface area (Å²) in [5.41, 5.74) is 0.606. The Hall–Kier alpha value is -0.460. The molecule has 0 radical (unpaired) electrons. The van der Waals surface area contributed by atoms with E-state index in [1.165, 1.54) is 0 Å². The second kappa shape index (κ2) is 10.5. The van der Waals surface area contributed by atoms with E-state index in [9.17, 15) is 4.79 Å². The maximum absolute atomic E-state index is 12.0. The van der Waals surface area contributed by atoms with Crippen LogP contribution in [-0.2, 0) is 4.79 Å². The van der Waals surface area contributed by atoms with E-state index >= 15 is 0 Å². The fraction of sp³-hybridized carbons (Fsp3) is 0.467. The van der Waals surface area contributed by atoms with Crippen LogP contribution >= 0.6 is 58.6 Å². The minimum atomic E-state index is -1.77. The summed E-state index contributed by atoms with van der Waals surface area (Å²) in [6.45, 7) is 2.06. The number of para-hydroxylation sites is 1. The van der Waals surface area contributed by atoms with Crippen LogP contribution in [-0.4, -0.2) is 21.0 Å². The molecule has 0 bridgehead atoms. The Morgan fingerprint density at radius 1 is 1.21 bits per heavy atom. The molecule has 0 heterocycles. The molecule has 0 aliphatic heterocycles. The number of amides is 1. The second-order valence-electron chi connectivity index (χ2n) is 5.08. The number of anilines is 1. The smallest absolute Gasteiger partial charge is 0.228 e. The minimum absolute atomic E-state index is 0.174. The Balaban J connectivity index is 2.64. The highest BCUT2D eigenvalue weighted by molar-refractivity contribution is 7.80. The second-order valence-corrected chi connectivity index (χ2v) is 8.26. The predicted molar refractivity (Wildman–Crippen MR) is 107 cm³/mol. The number of halogens is 4. The van der Waals surface area contributed by atoms with Crippen molar-refractivity contribution in [3.8, 4) is 0 Å². The van der Waals surface area contributed by atoms with E-state index < -0.39 is 9.96 Å². The van der Waals surface area contributed by atoms with Crippen molar-refractivity contribution >= 4 is 75.3 Å². The first-order chi connectivity index (χ1) is 11.2. The molecule has 0 aliphatic rings. The highest BCUT2D eigenvalue weighted by atomic mass is 35.6. The fourth-order valence-corrected chi connectivity index (χ4v) is 2.56. The summed E-state index contributed by atoms with van der Waals surface area (Å²) in [5, 5.41) is 9.00. The molecule has 1 aromatic rings. The number of unbranched alkanes of at least 4 members (excludes halogenated alkanes) is 2. The highest BCUT2D eigenvalue weighted by Gasteiger charge is 2.34. The summed E-state index contributed by atoms with van der Waals surface area (Å²) < 4.78 is -1.77. The molecule has 3 N–H and O–H groups in total. The van der Waals surface area contributed by atoms with Gasteiger partial charge in [-0.2, -0.15) is 0 Å². The van der Waals surface area contributed by atoms with Gasteiger partial charge in [0, 0.05) is 6.42 Å². The first-order valence-corrected chi connectivity index (χ1v) is 9.34. The average Bonchev–Trinajstić information content (AvgIpc) is 2.48. The van der Waals surface area contributed by atoms with Gasteiger partial charge in [-0.05, 0) is 30.8 Å². The van der Waals surface area contributed by atoms with E-state index in [-0.39, 0.29) is 11.0 Å². The van der Waals surface area contributed by atoms with E-state index in [0.717, 1.165) is 19.3 Å². The zero-order valence-corrected chi connectivity index (χ0v) is 16.9. The summed E-state index contributed by atoms with van der Waals surface area (Å²) in [5.74, 6) is -0.215. The third-order valence-electron chi connectivity index (χ3n) is 3.04. The monoisotopic (exact) mass is 429 g/mol. The van der Waals surface area contributed by atoms with Crippen molar-refractivity contribution in [3.05, 3.63) is 29.3 Å². The van der Waals surface area contributed by atoms with Crippen LogP contribution in [0.2, 0.25) is 5.02 Å². The van der Waals surface area contributed by atoms with Gasteiger partial charge in [-0.15, -0.1) is 0 Å². The van der Waals surface area contributed by atoms with E-state index in [1.54, 1.807) is 24.3 Å². The van der Waals surface area contributed by atoms with Crippen molar-refractivity contribution in [2.24, 2.45) is 0 Å². The maximum Gasteiger partial charge on any atom is 0.228 e. The first kappa shape index (κ1) is 21.6. The molecule has 1 aromatic carbocycles. The summed E-state index contributed by atoms with van der Waals surface area (Å²) in [7, 11) is 0. The van der Waals surface area contributed by atoms with E-state index in [1.807, 2.05) is 0 Å². The number of carbonyl (C=O) groups excluding carboxylic acids is 1. The van der Waals surface area contributed by atoms with Gasteiger partial charge in [-0.25, -0.2) is 0 Å². The number of hydrogen-bond donors (Lipinski definition) is 3. The molecule has 0 spiro atoms. The number of benzene rings is 1. The van der Waals surface area contributed by atoms with Crippen LogP contribution in [0.3, 0.4) is 0 Å². The number of nitrogens with one attached hydrogen (secondary N) is 3. The van der Waals surface area contributed by atoms with Gasteiger partial charge in [-0.3, -0.25) is 4.79 Å². The van der Waals surface area contributed by atoms with E-state index in [0.29, 0.717) is 17.1 Å². The molecular weight excluding hydrogens is 412 g/mol. The third-order valence-corrected chi connectivity index (χ3v) is 4.24. The lowest BCUT2D eigenvalue weighted by molar-refractivity contribution is -0.122. The molecule has 0 aliphatic carbocycles. The van der Waals surface area contributed by atoms with Crippen molar-refractivity contribution < 1.29 is 4.79 Å². The normalized spacial score (nSPS) is 12.4. The highest BCUT2D eigenvalue weighted by Crippen LogP contribution is 2.29. The van der Waals surface area contributed by atoms with Gasteiger partial charge in [0.15, 0.2) is 5.11 Å². The fourth-order valence-electron chi connectivity index (χ4n) is 1.82. The molecule has 9 heteroatoms. The Bertz CT molecular complexity index is 566. The quantitative estimate of drug-likeness (QED) is 0.246. The van der Waals surface area contributed by atoms with Gasteiger partial charge in [0.05, 0.1) is 10.7 Å². The van der Waals surface area contributed by atoms with Crippen LogP contribution in [0.1, 0.15) is 32.6 Å². The van der Waals surface area contributed by atoms with Crippen LogP contribution in [0, 0.1) is 0 Å². The van der Waals surface area contributed by atoms with Crippen molar-refractivity contribution in [3.63, 3.8) is 0 Å². The van der Waals surface area contributed by atoms with Gasteiger partial charge in [0.25, 0.3) is 0 Å². The van der Waals surface area contributed by atoms with Crippen molar-refractivity contribution in [2.75, 3.05) is 5.32 Å². The minimum Gasteiger partial charge on any atom is -0.339 e. The lowest BCUT2D eigenvalue weighted by atomic mass is 10.2. The lowest BCUT2D eigenvalue weighted by Crippen LogP contribution is -2.56. The van der Waals surface area contributed by atoms with Gasteiger partial charge >= 0.3 is 0 Å². The van der Waals surface area contributed by atoms with Crippen LogP contribution in [0.5, 0.6) is 0 Å². The summed E-state index contributed by atoms with van der Waals surface area (Å²) in [4.78, 5) is 12.0. The van der Waals surface area contributed by atoms with Gasteiger partial charge in [-0.1, -0.05) is 78.3 Å². The zero-order valence-electron chi connectivity index (χ0n) is 13.0. The number of carbonyl (C=O) groups is 1. The average molecular weight is 431 g/mol. The first-order valence-electron chi connectivity index (χ1n) is 7.42. The largest absolute Gasteiger partial charge is 0.339 e.